The van der Waals surface area contributed by atoms with Crippen LogP contribution in [0.25, 0.3) is 0 Å². The molecule has 1 aromatic rings. The predicted molar refractivity (Wildman–Crippen MR) is 70.2 cm³/mol. The largest absolute Gasteiger partial charge is 0.491 e. The molecule has 1 atom stereocenters. The molecule has 0 spiro atoms. The molecule has 1 aromatic carbocycles. The van der Waals surface area contributed by atoms with Gasteiger partial charge in [0.2, 0.25) is 0 Å². The standard InChI is InChI=1S/C13H18ClNO3/c14-11-1-3-13(4-2-11)18-10-12(16)9-15-5-7-17-8-6-15/h1-4,12,16H,5-10H2/t12-/m1/s1. The van der Waals surface area contributed by atoms with Crippen LogP contribution >= 0.6 is 11.6 Å². The van der Waals surface area contributed by atoms with Crippen molar-refractivity contribution in [3.8, 4) is 5.75 Å². The van der Waals surface area contributed by atoms with Gasteiger partial charge in [-0.1, -0.05) is 11.6 Å². The summed E-state index contributed by atoms with van der Waals surface area (Å²) in [6, 6.07) is 7.13. The minimum absolute atomic E-state index is 0.291. The molecule has 100 valence electrons. The summed E-state index contributed by atoms with van der Waals surface area (Å²) in [7, 11) is 0. The average Bonchev–Trinajstić information content (AvgIpc) is 2.39. The zero-order chi connectivity index (χ0) is 12.8. The molecule has 4 nitrogen and oxygen atoms in total. The minimum atomic E-state index is -0.487. The maximum Gasteiger partial charge on any atom is 0.119 e. The van der Waals surface area contributed by atoms with Crippen LogP contribution in [0.3, 0.4) is 0 Å². The van der Waals surface area contributed by atoms with Gasteiger partial charge in [-0.2, -0.15) is 0 Å². The van der Waals surface area contributed by atoms with Crippen molar-refractivity contribution in [1.29, 1.82) is 0 Å². The Bertz CT molecular complexity index is 352. The van der Waals surface area contributed by atoms with E-state index in [4.69, 9.17) is 21.1 Å². The molecule has 1 fully saturated rings. The number of morpholine rings is 1. The van der Waals surface area contributed by atoms with Gasteiger partial charge in [0.1, 0.15) is 18.5 Å². The molecule has 0 aliphatic carbocycles. The first-order chi connectivity index (χ1) is 8.74. The highest BCUT2D eigenvalue weighted by Gasteiger charge is 2.15. The van der Waals surface area contributed by atoms with Crippen LogP contribution in [-0.4, -0.2) is 55.6 Å². The Morgan fingerprint density at radius 2 is 1.94 bits per heavy atom. The van der Waals surface area contributed by atoms with Crippen LogP contribution in [0.2, 0.25) is 5.02 Å². The zero-order valence-corrected chi connectivity index (χ0v) is 11.0. The lowest BCUT2D eigenvalue weighted by atomic mass is 10.3. The van der Waals surface area contributed by atoms with Crippen molar-refractivity contribution in [2.45, 2.75) is 6.10 Å². The van der Waals surface area contributed by atoms with Gasteiger partial charge >= 0.3 is 0 Å². The fourth-order valence-corrected chi connectivity index (χ4v) is 1.98. The first-order valence-corrected chi connectivity index (χ1v) is 6.48. The number of benzene rings is 1. The molecule has 0 aromatic heterocycles. The molecule has 1 heterocycles. The van der Waals surface area contributed by atoms with Gasteiger partial charge < -0.3 is 14.6 Å². The molecule has 1 aliphatic rings. The fraction of sp³-hybridized carbons (Fsp3) is 0.538. The third-order valence-electron chi connectivity index (χ3n) is 2.83. The first kappa shape index (κ1) is 13.6. The smallest absolute Gasteiger partial charge is 0.119 e. The molecule has 18 heavy (non-hydrogen) atoms. The molecule has 0 radical (unpaired) electrons. The third-order valence-corrected chi connectivity index (χ3v) is 3.08. The van der Waals surface area contributed by atoms with E-state index in [1.807, 2.05) is 0 Å². The Morgan fingerprint density at radius 3 is 2.61 bits per heavy atom. The van der Waals surface area contributed by atoms with E-state index in [1.54, 1.807) is 24.3 Å². The topological polar surface area (TPSA) is 41.9 Å². The van der Waals surface area contributed by atoms with Crippen LogP contribution in [0.15, 0.2) is 24.3 Å². The Hall–Kier alpha value is -0.810. The summed E-state index contributed by atoms with van der Waals surface area (Å²) < 4.78 is 10.8. The van der Waals surface area contributed by atoms with Crippen molar-refractivity contribution in [3.05, 3.63) is 29.3 Å². The van der Waals surface area contributed by atoms with Crippen molar-refractivity contribution in [2.75, 3.05) is 39.5 Å². The molecule has 1 aliphatic heterocycles. The van der Waals surface area contributed by atoms with Crippen LogP contribution in [-0.2, 0) is 4.74 Å². The summed E-state index contributed by atoms with van der Waals surface area (Å²) in [6.07, 6.45) is -0.487. The monoisotopic (exact) mass is 271 g/mol. The highest BCUT2D eigenvalue weighted by atomic mass is 35.5. The SMILES string of the molecule is O[C@@H](COc1ccc(Cl)cc1)CN1CCOCC1. The summed E-state index contributed by atoms with van der Waals surface area (Å²) >= 11 is 5.78. The van der Waals surface area contributed by atoms with Crippen LogP contribution in [0, 0.1) is 0 Å². The maximum atomic E-state index is 9.88. The van der Waals surface area contributed by atoms with Gasteiger partial charge in [0.15, 0.2) is 0 Å². The van der Waals surface area contributed by atoms with E-state index in [2.05, 4.69) is 4.90 Å². The van der Waals surface area contributed by atoms with E-state index in [0.717, 1.165) is 32.1 Å². The highest BCUT2D eigenvalue weighted by Crippen LogP contribution is 2.15. The number of halogens is 1. The average molecular weight is 272 g/mol. The molecule has 0 amide bonds. The molecule has 1 N–H and O–H groups in total. The molecule has 1 saturated heterocycles. The second kappa shape index (κ2) is 6.95. The predicted octanol–water partition coefficient (Wildman–Crippen LogP) is 1.41. The van der Waals surface area contributed by atoms with Gasteiger partial charge in [-0.3, -0.25) is 4.90 Å². The minimum Gasteiger partial charge on any atom is -0.491 e. The first-order valence-electron chi connectivity index (χ1n) is 6.10. The van der Waals surface area contributed by atoms with Crippen molar-refractivity contribution in [2.24, 2.45) is 0 Å². The second-order valence-electron chi connectivity index (χ2n) is 4.33. The maximum absolute atomic E-state index is 9.88. The van der Waals surface area contributed by atoms with Crippen LogP contribution in [0.1, 0.15) is 0 Å². The van der Waals surface area contributed by atoms with E-state index < -0.39 is 6.10 Å². The van der Waals surface area contributed by atoms with E-state index in [9.17, 15) is 5.11 Å². The summed E-state index contributed by atoms with van der Waals surface area (Å²) in [5.41, 5.74) is 0. The van der Waals surface area contributed by atoms with Gasteiger partial charge in [-0.15, -0.1) is 0 Å². The van der Waals surface area contributed by atoms with E-state index in [-0.39, 0.29) is 0 Å². The number of aliphatic hydroxyl groups excluding tert-OH is 1. The lowest BCUT2D eigenvalue weighted by Gasteiger charge is -2.28. The molecule has 0 saturated carbocycles. The van der Waals surface area contributed by atoms with Crippen molar-refractivity contribution >= 4 is 11.6 Å². The summed E-state index contributed by atoms with van der Waals surface area (Å²) in [5, 5.41) is 10.6. The summed E-state index contributed by atoms with van der Waals surface area (Å²) in [4.78, 5) is 2.18. The van der Waals surface area contributed by atoms with Crippen molar-refractivity contribution in [3.63, 3.8) is 0 Å². The van der Waals surface area contributed by atoms with Gasteiger partial charge in [-0.05, 0) is 24.3 Å². The highest BCUT2D eigenvalue weighted by molar-refractivity contribution is 6.30. The van der Waals surface area contributed by atoms with Crippen LogP contribution in [0.4, 0.5) is 0 Å². The third kappa shape index (κ3) is 4.46. The van der Waals surface area contributed by atoms with Gasteiger partial charge in [0, 0.05) is 24.7 Å². The fourth-order valence-electron chi connectivity index (χ4n) is 1.86. The number of ether oxygens (including phenoxy) is 2. The molecule has 0 unspecified atom stereocenters. The Morgan fingerprint density at radius 1 is 1.28 bits per heavy atom. The Labute approximate surface area is 112 Å². The van der Waals surface area contributed by atoms with Gasteiger partial charge in [-0.25, -0.2) is 0 Å². The molecular weight excluding hydrogens is 254 g/mol. The number of rotatable bonds is 5. The lowest BCUT2D eigenvalue weighted by molar-refractivity contribution is 0.00465. The molecular formula is C13H18ClNO3. The normalized spacial score (nSPS) is 18.6. The van der Waals surface area contributed by atoms with Crippen LogP contribution < -0.4 is 4.74 Å². The number of hydrogen-bond acceptors (Lipinski definition) is 4. The number of hydrogen-bond donors (Lipinski definition) is 1. The van der Waals surface area contributed by atoms with Crippen molar-refractivity contribution < 1.29 is 14.6 Å². The molecule has 5 heteroatoms. The summed E-state index contributed by atoms with van der Waals surface area (Å²) in [5.74, 6) is 0.723. The van der Waals surface area contributed by atoms with E-state index in [1.165, 1.54) is 0 Å². The van der Waals surface area contributed by atoms with Gasteiger partial charge in [0.05, 0.1) is 13.2 Å². The number of β-amino-alcohol motifs (C(OH)–C–C–N with tert-alkyl or cyclic N) is 1. The number of aliphatic hydroxyl groups is 1. The van der Waals surface area contributed by atoms with Crippen molar-refractivity contribution in [1.82, 2.24) is 4.90 Å². The lowest BCUT2D eigenvalue weighted by Crippen LogP contribution is -2.42. The summed E-state index contributed by atoms with van der Waals surface area (Å²) in [6.45, 7) is 4.14. The zero-order valence-electron chi connectivity index (χ0n) is 10.2. The van der Waals surface area contributed by atoms with E-state index >= 15 is 0 Å². The van der Waals surface area contributed by atoms with E-state index in [0.29, 0.717) is 18.2 Å². The molecule has 2 rings (SSSR count). The number of nitrogens with zero attached hydrogens (tertiary/aromatic N) is 1. The quantitative estimate of drug-likeness (QED) is 0.879. The van der Waals surface area contributed by atoms with Crippen LogP contribution in [0.5, 0.6) is 5.75 Å². The van der Waals surface area contributed by atoms with Gasteiger partial charge in [0.25, 0.3) is 0 Å². The Kier molecular flexibility index (Phi) is 5.26. The molecule has 0 bridgehead atoms. The Balaban J connectivity index is 1.70. The second-order valence-corrected chi connectivity index (χ2v) is 4.77.